The van der Waals surface area contributed by atoms with Crippen molar-refractivity contribution in [2.75, 3.05) is 5.73 Å². The van der Waals surface area contributed by atoms with Crippen LogP contribution in [0, 0.1) is 0 Å². The standard InChI is InChI=1S/C9H10ClN/c1-2-3-7-4-5-9(11)8(10)6-7/h2-6H,11H2,1H3/b3-2-. The zero-order valence-corrected chi connectivity index (χ0v) is 7.10. The number of anilines is 1. The molecule has 2 heteroatoms. The quantitative estimate of drug-likeness (QED) is 0.640. The van der Waals surface area contributed by atoms with Crippen molar-refractivity contribution in [3.05, 3.63) is 34.9 Å². The van der Waals surface area contributed by atoms with Crippen LogP contribution < -0.4 is 5.73 Å². The van der Waals surface area contributed by atoms with Crippen molar-refractivity contribution in [3.8, 4) is 0 Å². The number of hydrogen-bond donors (Lipinski definition) is 1. The van der Waals surface area contributed by atoms with E-state index in [0.29, 0.717) is 10.7 Å². The summed E-state index contributed by atoms with van der Waals surface area (Å²) in [4.78, 5) is 0. The molecule has 0 aliphatic heterocycles. The summed E-state index contributed by atoms with van der Waals surface area (Å²) in [6.07, 6.45) is 3.94. The monoisotopic (exact) mass is 167 g/mol. The van der Waals surface area contributed by atoms with Gasteiger partial charge in [0.2, 0.25) is 0 Å². The van der Waals surface area contributed by atoms with E-state index in [9.17, 15) is 0 Å². The zero-order valence-electron chi connectivity index (χ0n) is 6.34. The highest BCUT2D eigenvalue weighted by atomic mass is 35.5. The van der Waals surface area contributed by atoms with E-state index in [1.54, 1.807) is 6.07 Å². The molecule has 11 heavy (non-hydrogen) atoms. The minimum Gasteiger partial charge on any atom is -0.398 e. The van der Waals surface area contributed by atoms with Crippen molar-refractivity contribution >= 4 is 23.4 Å². The fraction of sp³-hybridized carbons (Fsp3) is 0.111. The van der Waals surface area contributed by atoms with Crippen LogP contribution >= 0.6 is 11.6 Å². The van der Waals surface area contributed by atoms with Gasteiger partial charge in [0, 0.05) is 0 Å². The molecule has 0 aromatic heterocycles. The number of nitrogen functional groups attached to an aromatic ring is 1. The molecule has 0 aliphatic rings. The van der Waals surface area contributed by atoms with Crippen molar-refractivity contribution in [2.45, 2.75) is 6.92 Å². The maximum Gasteiger partial charge on any atom is 0.0641 e. The molecule has 0 fully saturated rings. The lowest BCUT2D eigenvalue weighted by Crippen LogP contribution is -1.85. The Morgan fingerprint density at radius 3 is 2.73 bits per heavy atom. The van der Waals surface area contributed by atoms with Crippen LogP contribution in [0.5, 0.6) is 0 Å². The van der Waals surface area contributed by atoms with E-state index in [1.165, 1.54) is 0 Å². The van der Waals surface area contributed by atoms with E-state index in [1.807, 2.05) is 31.2 Å². The minimum absolute atomic E-state index is 0.612. The Morgan fingerprint density at radius 2 is 2.18 bits per heavy atom. The van der Waals surface area contributed by atoms with Crippen molar-refractivity contribution < 1.29 is 0 Å². The molecule has 0 unspecified atom stereocenters. The molecule has 0 radical (unpaired) electrons. The smallest absolute Gasteiger partial charge is 0.0641 e. The average Bonchev–Trinajstić information content (AvgIpc) is 1.98. The topological polar surface area (TPSA) is 26.0 Å². The first-order chi connectivity index (χ1) is 5.24. The molecule has 2 N–H and O–H groups in total. The molecule has 1 aromatic rings. The van der Waals surface area contributed by atoms with Crippen LogP contribution in [0.3, 0.4) is 0 Å². The molecule has 1 nitrogen and oxygen atoms in total. The molecule has 0 atom stereocenters. The Labute approximate surface area is 71.5 Å². The summed E-state index contributed by atoms with van der Waals surface area (Å²) in [7, 11) is 0. The maximum atomic E-state index is 5.79. The lowest BCUT2D eigenvalue weighted by molar-refractivity contribution is 1.63. The number of rotatable bonds is 1. The summed E-state index contributed by atoms with van der Waals surface area (Å²) >= 11 is 5.79. The molecule has 0 heterocycles. The van der Waals surface area contributed by atoms with Gasteiger partial charge in [-0.15, -0.1) is 0 Å². The van der Waals surface area contributed by atoms with Crippen molar-refractivity contribution in [1.29, 1.82) is 0 Å². The Morgan fingerprint density at radius 1 is 1.45 bits per heavy atom. The van der Waals surface area contributed by atoms with Gasteiger partial charge in [0.25, 0.3) is 0 Å². The molecule has 58 valence electrons. The predicted octanol–water partition coefficient (Wildman–Crippen LogP) is 2.96. The summed E-state index contributed by atoms with van der Waals surface area (Å²) < 4.78 is 0. The number of benzene rings is 1. The predicted molar refractivity (Wildman–Crippen MR) is 50.6 cm³/mol. The van der Waals surface area contributed by atoms with E-state index in [4.69, 9.17) is 17.3 Å². The summed E-state index contributed by atoms with van der Waals surface area (Å²) in [6, 6.07) is 5.58. The third kappa shape index (κ3) is 1.99. The molecule has 0 amide bonds. The first kappa shape index (κ1) is 8.15. The van der Waals surface area contributed by atoms with Crippen LogP contribution in [0.4, 0.5) is 5.69 Å². The third-order valence-corrected chi connectivity index (χ3v) is 1.71. The fourth-order valence-electron chi connectivity index (χ4n) is 0.840. The Kier molecular flexibility index (Phi) is 2.55. The molecule has 0 bridgehead atoms. The van der Waals surface area contributed by atoms with Gasteiger partial charge >= 0.3 is 0 Å². The van der Waals surface area contributed by atoms with E-state index in [0.717, 1.165) is 5.56 Å². The van der Waals surface area contributed by atoms with E-state index in [2.05, 4.69) is 0 Å². The minimum atomic E-state index is 0.612. The molecule has 0 spiro atoms. The van der Waals surface area contributed by atoms with E-state index in [-0.39, 0.29) is 0 Å². The first-order valence-electron chi connectivity index (χ1n) is 3.42. The van der Waals surface area contributed by atoms with Gasteiger partial charge in [-0.2, -0.15) is 0 Å². The highest BCUT2D eigenvalue weighted by molar-refractivity contribution is 6.33. The van der Waals surface area contributed by atoms with Gasteiger partial charge in [0.05, 0.1) is 10.7 Å². The van der Waals surface area contributed by atoms with Crippen LogP contribution in [-0.4, -0.2) is 0 Å². The van der Waals surface area contributed by atoms with Crippen molar-refractivity contribution in [1.82, 2.24) is 0 Å². The van der Waals surface area contributed by atoms with Crippen LogP contribution in [0.2, 0.25) is 5.02 Å². The molecular weight excluding hydrogens is 158 g/mol. The van der Waals surface area contributed by atoms with Crippen LogP contribution in [0.15, 0.2) is 24.3 Å². The van der Waals surface area contributed by atoms with Crippen LogP contribution in [0.1, 0.15) is 12.5 Å². The van der Waals surface area contributed by atoms with Crippen LogP contribution in [-0.2, 0) is 0 Å². The van der Waals surface area contributed by atoms with Crippen molar-refractivity contribution in [2.24, 2.45) is 0 Å². The Balaban J connectivity index is 3.05. The van der Waals surface area contributed by atoms with Gasteiger partial charge in [-0.1, -0.05) is 29.8 Å². The number of allylic oxidation sites excluding steroid dienone is 1. The highest BCUT2D eigenvalue weighted by Gasteiger charge is 1.93. The highest BCUT2D eigenvalue weighted by Crippen LogP contribution is 2.20. The van der Waals surface area contributed by atoms with E-state index < -0.39 is 0 Å². The van der Waals surface area contributed by atoms with Crippen LogP contribution in [0.25, 0.3) is 6.08 Å². The van der Waals surface area contributed by atoms with Gasteiger partial charge in [-0.3, -0.25) is 0 Å². The average molecular weight is 168 g/mol. The summed E-state index contributed by atoms with van der Waals surface area (Å²) in [5.74, 6) is 0. The third-order valence-electron chi connectivity index (χ3n) is 1.38. The lowest BCUT2D eigenvalue weighted by atomic mass is 10.2. The van der Waals surface area contributed by atoms with Gasteiger partial charge < -0.3 is 5.73 Å². The second kappa shape index (κ2) is 3.44. The number of nitrogens with two attached hydrogens (primary N) is 1. The van der Waals surface area contributed by atoms with Gasteiger partial charge in [0.1, 0.15) is 0 Å². The van der Waals surface area contributed by atoms with Gasteiger partial charge in [-0.05, 0) is 24.6 Å². The Bertz CT molecular complexity index is 279. The summed E-state index contributed by atoms with van der Waals surface area (Å²) in [5, 5.41) is 0.612. The fourth-order valence-corrected chi connectivity index (χ4v) is 1.03. The summed E-state index contributed by atoms with van der Waals surface area (Å²) in [6.45, 7) is 1.96. The molecule has 0 saturated carbocycles. The number of hydrogen-bond acceptors (Lipinski definition) is 1. The van der Waals surface area contributed by atoms with Crippen molar-refractivity contribution in [3.63, 3.8) is 0 Å². The molecule has 0 saturated heterocycles. The normalized spacial score (nSPS) is 10.7. The SMILES string of the molecule is C/C=C\c1ccc(N)c(Cl)c1. The summed E-state index contributed by atoms with van der Waals surface area (Å²) in [5.41, 5.74) is 7.23. The lowest BCUT2D eigenvalue weighted by Gasteiger charge is -1.97. The maximum absolute atomic E-state index is 5.79. The molecule has 0 aliphatic carbocycles. The largest absolute Gasteiger partial charge is 0.398 e. The zero-order chi connectivity index (χ0) is 8.27. The molecule has 1 aromatic carbocycles. The first-order valence-corrected chi connectivity index (χ1v) is 3.79. The van der Waals surface area contributed by atoms with Gasteiger partial charge in [0.15, 0.2) is 0 Å². The number of halogens is 1. The molecule has 1 rings (SSSR count). The molecular formula is C9H10ClN. The Hall–Kier alpha value is -0.950. The van der Waals surface area contributed by atoms with E-state index >= 15 is 0 Å². The van der Waals surface area contributed by atoms with Gasteiger partial charge in [-0.25, -0.2) is 0 Å². The second-order valence-electron chi connectivity index (χ2n) is 2.28. The second-order valence-corrected chi connectivity index (χ2v) is 2.69.